The number of alkyl halides is 1. The predicted molar refractivity (Wildman–Crippen MR) is 97.3 cm³/mol. The van der Waals surface area contributed by atoms with Crippen molar-refractivity contribution < 1.29 is 32.5 Å². The van der Waals surface area contributed by atoms with Gasteiger partial charge in [-0.15, -0.1) is 0 Å². The van der Waals surface area contributed by atoms with Crippen LogP contribution in [0.5, 0.6) is 5.75 Å². The van der Waals surface area contributed by atoms with E-state index in [0.29, 0.717) is 6.61 Å². The van der Waals surface area contributed by atoms with Gasteiger partial charge in [-0.25, -0.2) is 13.6 Å². The molecule has 0 aliphatic heterocycles. The summed E-state index contributed by atoms with van der Waals surface area (Å²) in [6.45, 7) is 8.01. The Balaban J connectivity index is 2.75. The molecule has 1 atom stereocenters. The summed E-state index contributed by atoms with van der Waals surface area (Å²) in [5, 5.41) is 0. The highest BCUT2D eigenvalue weighted by atomic mass is 28.3. The van der Waals surface area contributed by atoms with Gasteiger partial charge in [0.2, 0.25) is 0 Å². The molecule has 0 saturated carbocycles. The first-order chi connectivity index (χ1) is 12.3. The highest BCUT2D eigenvalue weighted by Crippen LogP contribution is 2.26. The van der Waals surface area contributed by atoms with Crippen molar-refractivity contribution in [3.8, 4) is 5.75 Å². The molecule has 0 fully saturated rings. The Hall–Kier alpha value is -1.51. The fourth-order valence-electron chi connectivity index (χ4n) is 2.02. The maximum atomic E-state index is 14.4. The zero-order chi connectivity index (χ0) is 19.6. The van der Waals surface area contributed by atoms with E-state index in [2.05, 4.69) is 19.6 Å². The summed E-state index contributed by atoms with van der Waals surface area (Å²) < 4.78 is 47.4. The Morgan fingerprint density at radius 3 is 2.54 bits per heavy atom. The van der Waals surface area contributed by atoms with Crippen LogP contribution < -0.4 is 4.74 Å². The molecule has 1 rings (SSSR count). The number of carbonyl (C=O) groups is 1. The van der Waals surface area contributed by atoms with E-state index >= 15 is 0 Å². The van der Waals surface area contributed by atoms with Crippen molar-refractivity contribution in [2.75, 3.05) is 33.3 Å². The first kappa shape index (κ1) is 22.5. The fraction of sp³-hybridized carbons (Fsp3) is 0.611. The molecule has 0 aliphatic carbocycles. The summed E-state index contributed by atoms with van der Waals surface area (Å²) >= 11 is 0. The maximum absolute atomic E-state index is 14.4. The molecule has 5 nitrogen and oxygen atoms in total. The molecule has 0 N–H and O–H groups in total. The third kappa shape index (κ3) is 8.24. The third-order valence-corrected chi connectivity index (χ3v) is 5.12. The van der Waals surface area contributed by atoms with Gasteiger partial charge in [-0.1, -0.05) is 19.6 Å². The summed E-state index contributed by atoms with van der Waals surface area (Å²) in [4.78, 5) is 12.1. The summed E-state index contributed by atoms with van der Waals surface area (Å²) in [6.07, 6.45) is -1.24. The lowest BCUT2D eigenvalue weighted by Crippen LogP contribution is -2.24. The highest BCUT2D eigenvalue weighted by Gasteiger charge is 2.26. The van der Waals surface area contributed by atoms with Crippen molar-refractivity contribution in [3.05, 3.63) is 29.6 Å². The third-order valence-electron chi connectivity index (χ3n) is 3.42. The molecular weight excluding hydrogens is 362 g/mol. The van der Waals surface area contributed by atoms with Crippen molar-refractivity contribution in [1.82, 2.24) is 0 Å². The van der Waals surface area contributed by atoms with Gasteiger partial charge < -0.3 is 18.9 Å². The van der Waals surface area contributed by atoms with E-state index in [9.17, 15) is 13.6 Å². The van der Waals surface area contributed by atoms with Crippen LogP contribution in [0.2, 0.25) is 25.7 Å². The number of hydrogen-bond acceptors (Lipinski definition) is 5. The van der Waals surface area contributed by atoms with Gasteiger partial charge in [0.1, 0.15) is 31.6 Å². The number of benzene rings is 1. The standard InChI is InChI=1S/C18H28F2O5Si/c1-5-23-18(21)17(25-13-22-10-11-26(2,3)4)15-7-6-14(12-16(15)20)24-9-8-19/h6-7,12,17H,5,8-11,13H2,1-4H3. The molecule has 1 aromatic rings. The number of ether oxygens (including phenoxy) is 4. The molecule has 8 heteroatoms. The van der Waals surface area contributed by atoms with E-state index in [-0.39, 0.29) is 31.3 Å². The first-order valence-corrected chi connectivity index (χ1v) is 12.3. The normalized spacial score (nSPS) is 12.7. The van der Waals surface area contributed by atoms with Crippen LogP contribution in [0, 0.1) is 5.82 Å². The van der Waals surface area contributed by atoms with Crippen LogP contribution in [-0.4, -0.2) is 47.3 Å². The van der Waals surface area contributed by atoms with Crippen LogP contribution in [-0.2, 0) is 19.0 Å². The zero-order valence-electron chi connectivity index (χ0n) is 15.8. The van der Waals surface area contributed by atoms with E-state index < -0.39 is 32.6 Å². The maximum Gasteiger partial charge on any atom is 0.340 e. The molecule has 0 heterocycles. The van der Waals surface area contributed by atoms with E-state index in [1.54, 1.807) is 6.92 Å². The van der Waals surface area contributed by atoms with Crippen molar-refractivity contribution in [2.45, 2.75) is 38.7 Å². The molecule has 0 spiro atoms. The average Bonchev–Trinajstić information content (AvgIpc) is 2.56. The van der Waals surface area contributed by atoms with Gasteiger partial charge in [0.05, 0.1) is 6.61 Å². The summed E-state index contributed by atoms with van der Waals surface area (Å²) in [5.41, 5.74) is 0.0184. The smallest absolute Gasteiger partial charge is 0.340 e. The van der Waals surface area contributed by atoms with E-state index in [1.807, 2.05) is 0 Å². The van der Waals surface area contributed by atoms with E-state index in [0.717, 1.165) is 12.1 Å². The molecule has 0 aromatic heterocycles. The molecule has 0 bridgehead atoms. The Labute approximate surface area is 154 Å². The lowest BCUT2D eigenvalue weighted by Gasteiger charge is -2.19. The lowest BCUT2D eigenvalue weighted by atomic mass is 10.1. The highest BCUT2D eigenvalue weighted by molar-refractivity contribution is 6.76. The number of rotatable bonds is 12. The van der Waals surface area contributed by atoms with Gasteiger partial charge in [0.25, 0.3) is 0 Å². The topological polar surface area (TPSA) is 54.0 Å². The molecule has 1 unspecified atom stereocenters. The summed E-state index contributed by atoms with van der Waals surface area (Å²) in [7, 11) is -1.23. The zero-order valence-corrected chi connectivity index (χ0v) is 16.8. The molecule has 0 aliphatic rings. The molecule has 0 radical (unpaired) electrons. The van der Waals surface area contributed by atoms with Crippen LogP contribution >= 0.6 is 0 Å². The molecule has 0 saturated heterocycles. The SMILES string of the molecule is CCOC(=O)C(OCOCC[Si](C)(C)C)c1ccc(OCCF)cc1F. The van der Waals surface area contributed by atoms with Gasteiger partial charge in [-0.05, 0) is 25.1 Å². The molecular formula is C18H28F2O5Si. The molecule has 148 valence electrons. The van der Waals surface area contributed by atoms with E-state index in [4.69, 9.17) is 18.9 Å². The van der Waals surface area contributed by atoms with Crippen molar-refractivity contribution >= 4 is 14.0 Å². The van der Waals surface area contributed by atoms with Crippen molar-refractivity contribution in [1.29, 1.82) is 0 Å². The van der Waals surface area contributed by atoms with Gasteiger partial charge in [0.15, 0.2) is 6.10 Å². The van der Waals surface area contributed by atoms with Crippen LogP contribution in [0.1, 0.15) is 18.6 Å². The monoisotopic (exact) mass is 390 g/mol. The second kappa shape index (κ2) is 11.3. The first-order valence-electron chi connectivity index (χ1n) is 8.62. The minimum Gasteiger partial charge on any atom is -0.491 e. The average molecular weight is 390 g/mol. The van der Waals surface area contributed by atoms with Gasteiger partial charge in [0, 0.05) is 26.3 Å². The van der Waals surface area contributed by atoms with Crippen LogP contribution in [0.4, 0.5) is 8.78 Å². The largest absolute Gasteiger partial charge is 0.491 e. The van der Waals surface area contributed by atoms with Gasteiger partial charge >= 0.3 is 5.97 Å². The minimum atomic E-state index is -1.24. The van der Waals surface area contributed by atoms with Gasteiger partial charge in [-0.3, -0.25) is 0 Å². The van der Waals surface area contributed by atoms with Crippen LogP contribution in [0.15, 0.2) is 18.2 Å². The second-order valence-corrected chi connectivity index (χ2v) is 12.5. The summed E-state index contributed by atoms with van der Waals surface area (Å²) in [6, 6.07) is 4.87. The molecule has 26 heavy (non-hydrogen) atoms. The fourth-order valence-corrected chi connectivity index (χ4v) is 2.78. The van der Waals surface area contributed by atoms with Gasteiger partial charge in [-0.2, -0.15) is 0 Å². The Kier molecular flexibility index (Phi) is 9.75. The quantitative estimate of drug-likeness (QED) is 0.233. The Morgan fingerprint density at radius 1 is 1.23 bits per heavy atom. The minimum absolute atomic E-state index is 0.0184. The van der Waals surface area contributed by atoms with E-state index in [1.165, 1.54) is 12.1 Å². The van der Waals surface area contributed by atoms with Crippen molar-refractivity contribution in [3.63, 3.8) is 0 Å². The number of hydrogen-bond donors (Lipinski definition) is 0. The van der Waals surface area contributed by atoms with Crippen LogP contribution in [0.3, 0.4) is 0 Å². The summed E-state index contributed by atoms with van der Waals surface area (Å²) in [5.74, 6) is -1.21. The van der Waals surface area contributed by atoms with Crippen molar-refractivity contribution in [2.24, 2.45) is 0 Å². The Bertz CT molecular complexity index is 563. The van der Waals surface area contributed by atoms with Crippen LogP contribution in [0.25, 0.3) is 0 Å². The molecule has 0 amide bonds. The number of carbonyl (C=O) groups excluding carboxylic acids is 1. The molecule has 1 aromatic carbocycles. The number of esters is 1. The lowest BCUT2D eigenvalue weighted by molar-refractivity contribution is -0.167. The number of halogens is 2. The Morgan fingerprint density at radius 2 is 1.96 bits per heavy atom. The second-order valence-electron chi connectivity index (χ2n) is 6.86. The predicted octanol–water partition coefficient (Wildman–Crippen LogP) is 4.11.